The van der Waals surface area contributed by atoms with Crippen molar-refractivity contribution in [2.24, 2.45) is 5.92 Å². The van der Waals surface area contributed by atoms with Gasteiger partial charge < -0.3 is 21.1 Å². The Morgan fingerprint density at radius 1 is 1.25 bits per heavy atom. The largest absolute Gasteiger partial charge is 0.481 e. The van der Waals surface area contributed by atoms with E-state index in [0.717, 1.165) is 10.2 Å². The fraction of sp³-hybridized carbons (Fsp3) is 0.312. The Bertz CT molecular complexity index is 730. The summed E-state index contributed by atoms with van der Waals surface area (Å²) in [5.74, 6) is 0.170. The molecule has 0 radical (unpaired) electrons. The van der Waals surface area contributed by atoms with Gasteiger partial charge in [0.1, 0.15) is 12.0 Å². The van der Waals surface area contributed by atoms with E-state index in [1.54, 1.807) is 0 Å². The molecule has 2 heterocycles. The third-order valence-corrected chi connectivity index (χ3v) is 4.64. The monoisotopic (exact) mass is 391 g/mol. The average Bonchev–Trinajstić information content (AvgIpc) is 2.59. The molecule has 1 aliphatic heterocycles. The lowest BCUT2D eigenvalue weighted by Crippen LogP contribution is -2.37. The van der Waals surface area contributed by atoms with Gasteiger partial charge in [-0.3, -0.25) is 4.79 Å². The number of halogens is 1. The summed E-state index contributed by atoms with van der Waals surface area (Å²) in [5, 5.41) is 12.3. The molecular formula is C16H18BrN5O2. The molecule has 0 atom stereocenters. The van der Waals surface area contributed by atoms with Crippen molar-refractivity contribution in [3.63, 3.8) is 0 Å². The fourth-order valence-corrected chi connectivity index (χ4v) is 3.01. The highest BCUT2D eigenvalue weighted by molar-refractivity contribution is 9.10. The Morgan fingerprint density at radius 2 is 1.92 bits per heavy atom. The molecule has 7 nitrogen and oxygen atoms in total. The topological polar surface area (TPSA) is 104 Å². The molecule has 1 aliphatic rings. The number of hydrogen-bond acceptors (Lipinski definition) is 6. The van der Waals surface area contributed by atoms with Gasteiger partial charge in [-0.05, 0) is 37.1 Å². The van der Waals surface area contributed by atoms with Crippen LogP contribution in [0.3, 0.4) is 0 Å². The predicted octanol–water partition coefficient (Wildman–Crippen LogP) is 2.87. The molecule has 2 aromatic rings. The van der Waals surface area contributed by atoms with Crippen LogP contribution >= 0.6 is 15.9 Å². The molecule has 0 aliphatic carbocycles. The minimum absolute atomic E-state index is 0.287. The van der Waals surface area contributed by atoms with E-state index >= 15 is 0 Å². The molecule has 1 fully saturated rings. The van der Waals surface area contributed by atoms with Gasteiger partial charge in [0.25, 0.3) is 0 Å². The lowest BCUT2D eigenvalue weighted by Gasteiger charge is -2.31. The first-order chi connectivity index (χ1) is 11.5. The van der Waals surface area contributed by atoms with Gasteiger partial charge in [0, 0.05) is 23.2 Å². The molecule has 1 saturated heterocycles. The maximum Gasteiger partial charge on any atom is 0.306 e. The highest BCUT2D eigenvalue weighted by Crippen LogP contribution is 2.31. The van der Waals surface area contributed by atoms with Gasteiger partial charge in [0.2, 0.25) is 0 Å². The minimum Gasteiger partial charge on any atom is -0.481 e. The summed E-state index contributed by atoms with van der Waals surface area (Å²) in [5.41, 5.74) is 7.57. The van der Waals surface area contributed by atoms with E-state index in [1.807, 2.05) is 29.2 Å². The third kappa shape index (κ3) is 3.59. The van der Waals surface area contributed by atoms with Gasteiger partial charge in [0.15, 0.2) is 11.6 Å². The first kappa shape index (κ1) is 16.5. The number of anilines is 4. The first-order valence-electron chi connectivity index (χ1n) is 7.65. The molecule has 0 bridgehead atoms. The predicted molar refractivity (Wildman–Crippen MR) is 96.4 cm³/mol. The van der Waals surface area contributed by atoms with E-state index in [4.69, 9.17) is 10.8 Å². The Morgan fingerprint density at radius 3 is 2.54 bits per heavy atom. The van der Waals surface area contributed by atoms with Crippen LogP contribution in [0.5, 0.6) is 0 Å². The number of piperidine rings is 1. The van der Waals surface area contributed by atoms with Crippen LogP contribution in [0.15, 0.2) is 35.1 Å². The van der Waals surface area contributed by atoms with Crippen molar-refractivity contribution in [3.05, 3.63) is 35.1 Å². The van der Waals surface area contributed by atoms with Gasteiger partial charge in [-0.1, -0.05) is 15.9 Å². The van der Waals surface area contributed by atoms with Crippen molar-refractivity contribution in [3.8, 4) is 0 Å². The van der Waals surface area contributed by atoms with Crippen molar-refractivity contribution < 1.29 is 9.90 Å². The number of aromatic nitrogens is 2. The van der Waals surface area contributed by atoms with Crippen LogP contribution in [0.1, 0.15) is 12.8 Å². The summed E-state index contributed by atoms with van der Waals surface area (Å²) in [6, 6.07) is 7.70. The molecule has 0 amide bonds. The van der Waals surface area contributed by atoms with Gasteiger partial charge in [-0.15, -0.1) is 0 Å². The maximum atomic E-state index is 11.1. The van der Waals surface area contributed by atoms with Crippen LogP contribution in [-0.2, 0) is 4.79 Å². The van der Waals surface area contributed by atoms with E-state index in [9.17, 15) is 4.79 Å². The van der Waals surface area contributed by atoms with Crippen LogP contribution in [-0.4, -0.2) is 34.1 Å². The zero-order valence-corrected chi connectivity index (χ0v) is 14.5. The number of hydrogen-bond donors (Lipinski definition) is 3. The summed E-state index contributed by atoms with van der Waals surface area (Å²) < 4.78 is 0.991. The number of nitrogen functional groups attached to an aromatic ring is 1. The Hall–Kier alpha value is -2.35. The van der Waals surface area contributed by atoms with Crippen LogP contribution in [0, 0.1) is 5.92 Å². The summed E-state index contributed by atoms with van der Waals surface area (Å²) in [6.07, 6.45) is 2.65. The number of rotatable bonds is 4. The maximum absolute atomic E-state index is 11.1. The molecule has 126 valence electrons. The van der Waals surface area contributed by atoms with Crippen molar-refractivity contribution in [1.29, 1.82) is 0 Å². The van der Waals surface area contributed by atoms with Crippen LogP contribution in [0.2, 0.25) is 0 Å². The van der Waals surface area contributed by atoms with E-state index in [1.165, 1.54) is 6.33 Å². The summed E-state index contributed by atoms with van der Waals surface area (Å²) >= 11 is 3.40. The Balaban J connectivity index is 1.76. The summed E-state index contributed by atoms with van der Waals surface area (Å²) in [4.78, 5) is 21.6. The molecule has 4 N–H and O–H groups in total. The number of aliphatic carboxylic acids is 1. The van der Waals surface area contributed by atoms with E-state index < -0.39 is 5.97 Å². The summed E-state index contributed by atoms with van der Waals surface area (Å²) in [6.45, 7) is 1.24. The second-order valence-corrected chi connectivity index (χ2v) is 6.61. The zero-order chi connectivity index (χ0) is 17.1. The highest BCUT2D eigenvalue weighted by Gasteiger charge is 2.26. The average molecular weight is 392 g/mol. The van der Waals surface area contributed by atoms with Gasteiger partial charge >= 0.3 is 5.97 Å². The second kappa shape index (κ2) is 7.04. The summed E-state index contributed by atoms with van der Waals surface area (Å²) in [7, 11) is 0. The lowest BCUT2D eigenvalue weighted by atomic mass is 9.97. The van der Waals surface area contributed by atoms with Crippen molar-refractivity contribution in [2.45, 2.75) is 12.8 Å². The second-order valence-electron chi connectivity index (χ2n) is 5.69. The van der Waals surface area contributed by atoms with Crippen LogP contribution in [0.4, 0.5) is 23.0 Å². The normalized spacial score (nSPS) is 15.3. The van der Waals surface area contributed by atoms with Gasteiger partial charge in [0.05, 0.1) is 5.92 Å². The van der Waals surface area contributed by atoms with Crippen molar-refractivity contribution >= 4 is 44.9 Å². The molecule has 24 heavy (non-hydrogen) atoms. The minimum atomic E-state index is -0.733. The third-order valence-electron chi connectivity index (χ3n) is 4.11. The quantitative estimate of drug-likeness (QED) is 0.735. The molecule has 0 spiro atoms. The number of carbonyl (C=O) groups is 1. The molecule has 1 aromatic heterocycles. The van der Waals surface area contributed by atoms with Crippen LogP contribution in [0.25, 0.3) is 0 Å². The fourth-order valence-electron chi connectivity index (χ4n) is 2.75. The van der Waals surface area contributed by atoms with E-state index in [2.05, 4.69) is 31.2 Å². The number of nitrogens with one attached hydrogen (secondary N) is 1. The zero-order valence-electron chi connectivity index (χ0n) is 12.9. The van der Waals surface area contributed by atoms with Gasteiger partial charge in [-0.25, -0.2) is 9.97 Å². The standard InChI is InChI=1S/C16H18BrN5O2/c17-11-1-3-12(4-2-11)21-14-13(18)15(20-9-19-14)22-7-5-10(6-8-22)16(23)24/h1-4,9-10H,5-8,18H2,(H,23,24)(H,19,20,21). The smallest absolute Gasteiger partial charge is 0.306 e. The van der Waals surface area contributed by atoms with Crippen LogP contribution < -0.4 is 16.0 Å². The highest BCUT2D eigenvalue weighted by atomic mass is 79.9. The lowest BCUT2D eigenvalue weighted by molar-refractivity contribution is -0.142. The van der Waals surface area contributed by atoms with Crippen molar-refractivity contribution in [2.75, 3.05) is 29.0 Å². The molecular weight excluding hydrogens is 374 g/mol. The molecule has 1 aromatic carbocycles. The Kier molecular flexibility index (Phi) is 4.84. The van der Waals surface area contributed by atoms with Crippen molar-refractivity contribution in [1.82, 2.24) is 9.97 Å². The molecule has 0 saturated carbocycles. The first-order valence-corrected chi connectivity index (χ1v) is 8.44. The number of nitrogens with zero attached hydrogens (tertiary/aromatic N) is 3. The Labute approximate surface area is 148 Å². The van der Waals surface area contributed by atoms with E-state index in [0.29, 0.717) is 43.3 Å². The van der Waals surface area contributed by atoms with Gasteiger partial charge in [-0.2, -0.15) is 0 Å². The molecule has 0 unspecified atom stereocenters. The number of carboxylic acid groups (broad SMARTS) is 1. The van der Waals surface area contributed by atoms with E-state index in [-0.39, 0.29) is 5.92 Å². The molecule has 3 rings (SSSR count). The number of nitrogens with two attached hydrogens (primary N) is 1. The SMILES string of the molecule is Nc1c(Nc2ccc(Br)cc2)ncnc1N1CCC(C(=O)O)CC1. The molecule has 8 heteroatoms. The number of carboxylic acids is 1. The number of benzene rings is 1.